The van der Waals surface area contributed by atoms with E-state index in [4.69, 9.17) is 22.7 Å². The standard InChI is InChI=1S/C11H14ClN3O2S/c12-8-2-1-3-9(10(8)11(13)14)15-4-6-18(16,17)7-5-15/h1-3H,4-7H2,(H3,13,14). The lowest BCUT2D eigenvalue weighted by Gasteiger charge is -2.30. The molecule has 1 aromatic carbocycles. The summed E-state index contributed by atoms with van der Waals surface area (Å²) < 4.78 is 22.8. The van der Waals surface area contributed by atoms with Gasteiger partial charge in [-0.1, -0.05) is 17.7 Å². The molecule has 0 saturated carbocycles. The lowest BCUT2D eigenvalue weighted by atomic mass is 10.1. The van der Waals surface area contributed by atoms with E-state index in [2.05, 4.69) is 0 Å². The molecule has 0 unspecified atom stereocenters. The van der Waals surface area contributed by atoms with Crippen LogP contribution in [-0.2, 0) is 9.84 Å². The maximum atomic E-state index is 11.4. The van der Waals surface area contributed by atoms with Crippen LogP contribution in [0.5, 0.6) is 0 Å². The molecule has 2 rings (SSSR count). The third-order valence-corrected chi connectivity index (χ3v) is 4.87. The van der Waals surface area contributed by atoms with Gasteiger partial charge in [0.2, 0.25) is 0 Å². The predicted octanol–water partition coefficient (Wildman–Crippen LogP) is 0.859. The van der Waals surface area contributed by atoms with Gasteiger partial charge in [-0.05, 0) is 12.1 Å². The maximum absolute atomic E-state index is 11.4. The highest BCUT2D eigenvalue weighted by Crippen LogP contribution is 2.28. The van der Waals surface area contributed by atoms with Crippen molar-refractivity contribution >= 4 is 33.0 Å². The third kappa shape index (κ3) is 2.59. The summed E-state index contributed by atoms with van der Waals surface area (Å²) >= 11 is 6.03. The van der Waals surface area contributed by atoms with Gasteiger partial charge in [-0.15, -0.1) is 0 Å². The van der Waals surface area contributed by atoms with Crippen molar-refractivity contribution < 1.29 is 8.42 Å². The van der Waals surface area contributed by atoms with Crippen LogP contribution in [0.4, 0.5) is 5.69 Å². The largest absolute Gasteiger partial charge is 0.384 e. The number of sulfone groups is 1. The molecule has 98 valence electrons. The van der Waals surface area contributed by atoms with Gasteiger partial charge in [0.1, 0.15) is 5.84 Å². The number of benzene rings is 1. The summed E-state index contributed by atoms with van der Waals surface area (Å²) in [4.78, 5) is 1.91. The molecule has 0 bridgehead atoms. The third-order valence-electron chi connectivity index (χ3n) is 2.95. The molecule has 5 nitrogen and oxygen atoms in total. The maximum Gasteiger partial charge on any atom is 0.153 e. The molecule has 0 aromatic heterocycles. The summed E-state index contributed by atoms with van der Waals surface area (Å²) in [5, 5.41) is 7.97. The molecule has 0 aliphatic carbocycles. The summed E-state index contributed by atoms with van der Waals surface area (Å²) in [5.41, 5.74) is 6.73. The van der Waals surface area contributed by atoms with Crippen LogP contribution in [-0.4, -0.2) is 38.8 Å². The molecule has 1 heterocycles. The Bertz CT molecular complexity index is 572. The van der Waals surface area contributed by atoms with E-state index >= 15 is 0 Å². The van der Waals surface area contributed by atoms with Crippen LogP contribution >= 0.6 is 11.6 Å². The van der Waals surface area contributed by atoms with Gasteiger partial charge in [-0.25, -0.2) is 8.42 Å². The van der Waals surface area contributed by atoms with Crippen LogP contribution in [0.15, 0.2) is 18.2 Å². The van der Waals surface area contributed by atoms with Crippen molar-refractivity contribution in [2.45, 2.75) is 0 Å². The normalized spacial score (nSPS) is 18.6. The van der Waals surface area contributed by atoms with Crippen LogP contribution in [0.1, 0.15) is 5.56 Å². The minimum atomic E-state index is -2.93. The molecule has 18 heavy (non-hydrogen) atoms. The zero-order valence-electron chi connectivity index (χ0n) is 9.69. The summed E-state index contributed by atoms with van der Waals surface area (Å²) in [6.45, 7) is 0.811. The number of nitrogens with two attached hydrogens (primary N) is 1. The van der Waals surface area contributed by atoms with E-state index < -0.39 is 9.84 Å². The van der Waals surface area contributed by atoms with Crippen LogP contribution in [0.25, 0.3) is 0 Å². The van der Waals surface area contributed by atoms with E-state index in [1.54, 1.807) is 18.2 Å². The number of nitrogens with one attached hydrogen (secondary N) is 1. The van der Waals surface area contributed by atoms with Gasteiger partial charge in [0, 0.05) is 18.8 Å². The Labute approximate surface area is 111 Å². The Kier molecular flexibility index (Phi) is 3.49. The Morgan fingerprint density at radius 2 is 1.94 bits per heavy atom. The smallest absolute Gasteiger partial charge is 0.153 e. The summed E-state index contributed by atoms with van der Waals surface area (Å²) in [6.07, 6.45) is 0. The fourth-order valence-electron chi connectivity index (χ4n) is 2.00. The number of hydrogen-bond acceptors (Lipinski definition) is 4. The molecule has 0 radical (unpaired) electrons. The fourth-order valence-corrected chi connectivity index (χ4v) is 3.47. The highest BCUT2D eigenvalue weighted by molar-refractivity contribution is 7.91. The summed E-state index contributed by atoms with van der Waals surface area (Å²) in [7, 11) is -2.93. The van der Waals surface area contributed by atoms with Crippen molar-refractivity contribution in [1.29, 1.82) is 5.41 Å². The average Bonchev–Trinajstić information content (AvgIpc) is 2.28. The van der Waals surface area contributed by atoms with Crippen molar-refractivity contribution in [3.05, 3.63) is 28.8 Å². The van der Waals surface area contributed by atoms with Gasteiger partial charge in [-0.2, -0.15) is 0 Å². The number of nitrogens with zero attached hydrogens (tertiary/aromatic N) is 1. The number of anilines is 1. The second-order valence-corrected chi connectivity index (χ2v) is 6.90. The second-order valence-electron chi connectivity index (χ2n) is 4.19. The first kappa shape index (κ1) is 13.2. The molecule has 0 spiro atoms. The SMILES string of the molecule is N=C(N)c1c(Cl)cccc1N1CCS(=O)(=O)CC1. The molecule has 1 aliphatic heterocycles. The van der Waals surface area contributed by atoms with Gasteiger partial charge in [-0.3, -0.25) is 5.41 Å². The Hall–Kier alpha value is -1.27. The number of rotatable bonds is 2. The first-order chi connectivity index (χ1) is 8.41. The highest BCUT2D eigenvalue weighted by atomic mass is 35.5. The first-order valence-electron chi connectivity index (χ1n) is 5.49. The predicted molar refractivity (Wildman–Crippen MR) is 73.3 cm³/mol. The number of amidine groups is 1. The van der Waals surface area contributed by atoms with Crippen molar-refractivity contribution in [3.63, 3.8) is 0 Å². The first-order valence-corrected chi connectivity index (χ1v) is 7.69. The van der Waals surface area contributed by atoms with Crippen LogP contribution in [0.2, 0.25) is 5.02 Å². The number of hydrogen-bond donors (Lipinski definition) is 2. The monoisotopic (exact) mass is 287 g/mol. The Morgan fingerprint density at radius 3 is 2.50 bits per heavy atom. The van der Waals surface area contributed by atoms with Crippen molar-refractivity contribution in [2.75, 3.05) is 29.5 Å². The minimum absolute atomic E-state index is 0.107. The van der Waals surface area contributed by atoms with E-state index in [0.29, 0.717) is 23.7 Å². The highest BCUT2D eigenvalue weighted by Gasteiger charge is 2.24. The van der Waals surface area contributed by atoms with Crippen LogP contribution in [0.3, 0.4) is 0 Å². The molecule has 7 heteroatoms. The molecule has 3 N–H and O–H groups in total. The van der Waals surface area contributed by atoms with Crippen LogP contribution < -0.4 is 10.6 Å². The second kappa shape index (κ2) is 4.78. The molecular formula is C11H14ClN3O2S. The fraction of sp³-hybridized carbons (Fsp3) is 0.364. The van der Waals surface area contributed by atoms with Gasteiger partial charge in [0.25, 0.3) is 0 Å². The molecule has 1 aromatic rings. The lowest BCUT2D eigenvalue weighted by molar-refractivity contribution is 0.587. The van der Waals surface area contributed by atoms with E-state index in [-0.39, 0.29) is 17.3 Å². The van der Waals surface area contributed by atoms with Crippen molar-refractivity contribution in [2.24, 2.45) is 5.73 Å². The van der Waals surface area contributed by atoms with E-state index in [9.17, 15) is 8.42 Å². The summed E-state index contributed by atoms with van der Waals surface area (Å²) in [6, 6.07) is 5.25. The molecule has 1 aliphatic rings. The van der Waals surface area contributed by atoms with Crippen molar-refractivity contribution in [1.82, 2.24) is 0 Å². The molecule has 1 fully saturated rings. The van der Waals surface area contributed by atoms with Crippen molar-refractivity contribution in [3.8, 4) is 0 Å². The number of halogens is 1. The summed E-state index contributed by atoms with van der Waals surface area (Å²) in [5.74, 6) is 0.136. The molecule has 0 amide bonds. The van der Waals surface area contributed by atoms with Gasteiger partial charge in [0.15, 0.2) is 9.84 Å². The topological polar surface area (TPSA) is 87.2 Å². The minimum Gasteiger partial charge on any atom is -0.384 e. The average molecular weight is 288 g/mol. The molecule has 0 atom stereocenters. The zero-order valence-corrected chi connectivity index (χ0v) is 11.3. The van der Waals surface area contributed by atoms with Crippen LogP contribution in [0, 0.1) is 5.41 Å². The van der Waals surface area contributed by atoms with Gasteiger partial charge in [0.05, 0.1) is 22.1 Å². The van der Waals surface area contributed by atoms with E-state index in [0.717, 1.165) is 5.69 Å². The van der Waals surface area contributed by atoms with Gasteiger partial charge >= 0.3 is 0 Å². The molecule has 1 saturated heterocycles. The lowest BCUT2D eigenvalue weighted by Crippen LogP contribution is -2.41. The quantitative estimate of drug-likeness (QED) is 0.624. The number of nitrogen functional groups attached to an aromatic ring is 1. The van der Waals surface area contributed by atoms with E-state index in [1.165, 1.54) is 0 Å². The zero-order chi connectivity index (χ0) is 13.3. The Balaban J connectivity index is 2.35. The van der Waals surface area contributed by atoms with Gasteiger partial charge < -0.3 is 10.6 Å². The Morgan fingerprint density at radius 1 is 1.33 bits per heavy atom. The van der Waals surface area contributed by atoms with E-state index in [1.807, 2.05) is 4.90 Å². The molecular weight excluding hydrogens is 274 g/mol.